The summed E-state index contributed by atoms with van der Waals surface area (Å²) in [5, 5.41) is 0.687. The van der Waals surface area contributed by atoms with Crippen LogP contribution in [-0.4, -0.2) is 54.5 Å². The lowest BCUT2D eigenvalue weighted by atomic mass is 9.94. The molecule has 2 aromatic rings. The molecule has 1 saturated carbocycles. The maximum Gasteiger partial charge on any atom is 0.339 e. The van der Waals surface area contributed by atoms with Crippen LogP contribution in [0.25, 0.3) is 0 Å². The lowest BCUT2D eigenvalue weighted by molar-refractivity contribution is -0.134. The Morgan fingerprint density at radius 1 is 1.07 bits per heavy atom. The first-order valence-corrected chi connectivity index (χ1v) is 10.3. The van der Waals surface area contributed by atoms with Gasteiger partial charge in [0, 0.05) is 37.4 Å². The number of carbonyl (C=O) groups is 2. The molecule has 0 bridgehead atoms. The van der Waals surface area contributed by atoms with Gasteiger partial charge in [-0.1, -0.05) is 23.7 Å². The number of benzene rings is 1. The fourth-order valence-corrected chi connectivity index (χ4v) is 4.00. The predicted molar refractivity (Wildman–Crippen MR) is 111 cm³/mol. The molecule has 1 aliphatic heterocycles. The summed E-state index contributed by atoms with van der Waals surface area (Å²) < 4.78 is 4.99. The molecule has 1 aliphatic carbocycles. The van der Waals surface area contributed by atoms with Gasteiger partial charge >= 0.3 is 5.97 Å². The lowest BCUT2D eigenvalue weighted by Gasteiger charge is -2.37. The number of nitrogens with zero attached hydrogens (tertiary/aromatic N) is 3. The van der Waals surface area contributed by atoms with Gasteiger partial charge in [-0.2, -0.15) is 0 Å². The van der Waals surface area contributed by atoms with Crippen LogP contribution in [-0.2, 0) is 14.9 Å². The molecule has 7 heteroatoms. The third-order valence-electron chi connectivity index (χ3n) is 5.71. The van der Waals surface area contributed by atoms with Gasteiger partial charge in [-0.05, 0) is 49.6 Å². The fourth-order valence-electron chi connectivity index (χ4n) is 3.87. The second kappa shape index (κ2) is 8.03. The van der Waals surface area contributed by atoms with Gasteiger partial charge in [0.1, 0.15) is 5.82 Å². The summed E-state index contributed by atoms with van der Waals surface area (Å²) in [6, 6.07) is 11.2. The van der Waals surface area contributed by atoms with E-state index >= 15 is 0 Å². The number of ether oxygens (including phenoxy) is 1. The maximum atomic E-state index is 13.2. The Kier molecular flexibility index (Phi) is 5.46. The Balaban J connectivity index is 1.37. The van der Waals surface area contributed by atoms with Gasteiger partial charge in [0.05, 0.1) is 17.6 Å². The van der Waals surface area contributed by atoms with Crippen molar-refractivity contribution in [1.29, 1.82) is 0 Å². The van der Waals surface area contributed by atoms with Crippen molar-refractivity contribution in [2.75, 3.05) is 37.7 Å². The van der Waals surface area contributed by atoms with Crippen LogP contribution in [0.4, 0.5) is 5.82 Å². The van der Waals surface area contributed by atoms with E-state index in [4.69, 9.17) is 16.3 Å². The van der Waals surface area contributed by atoms with Crippen molar-refractivity contribution in [3.63, 3.8) is 0 Å². The van der Waals surface area contributed by atoms with Gasteiger partial charge in [-0.3, -0.25) is 4.79 Å². The van der Waals surface area contributed by atoms with Crippen molar-refractivity contribution in [1.82, 2.24) is 9.88 Å². The minimum Gasteiger partial charge on any atom is -0.462 e. The first-order chi connectivity index (χ1) is 14.0. The minimum absolute atomic E-state index is 0.213. The number of piperazine rings is 1. The predicted octanol–water partition coefficient (Wildman–Crippen LogP) is 3.29. The number of aromatic nitrogens is 1. The van der Waals surface area contributed by atoms with Crippen molar-refractivity contribution in [3.8, 4) is 0 Å². The highest BCUT2D eigenvalue weighted by Gasteiger charge is 2.53. The SMILES string of the molecule is CCOC(=O)c1ccc(N2CCN(C(=O)C3(c4ccc(Cl)cc4)CC3)CC2)nc1. The van der Waals surface area contributed by atoms with Crippen molar-refractivity contribution >= 4 is 29.3 Å². The van der Waals surface area contributed by atoms with E-state index in [9.17, 15) is 9.59 Å². The zero-order valence-corrected chi connectivity index (χ0v) is 17.2. The average Bonchev–Trinajstić information content (AvgIpc) is 3.56. The fraction of sp³-hybridized carbons (Fsp3) is 0.409. The van der Waals surface area contributed by atoms with E-state index in [1.807, 2.05) is 35.2 Å². The van der Waals surface area contributed by atoms with Crippen LogP contribution < -0.4 is 4.90 Å². The molecule has 1 aromatic carbocycles. The van der Waals surface area contributed by atoms with Gasteiger partial charge in [0.15, 0.2) is 0 Å². The quantitative estimate of drug-likeness (QED) is 0.704. The molecule has 0 atom stereocenters. The number of amides is 1. The third-order valence-corrected chi connectivity index (χ3v) is 5.96. The van der Waals surface area contributed by atoms with Crippen molar-refractivity contribution in [2.24, 2.45) is 0 Å². The Morgan fingerprint density at radius 3 is 2.31 bits per heavy atom. The molecule has 4 rings (SSSR count). The normalized spacial score (nSPS) is 17.7. The molecule has 0 spiro atoms. The van der Waals surface area contributed by atoms with Crippen LogP contribution in [0, 0.1) is 0 Å². The van der Waals surface area contributed by atoms with Crippen LogP contribution in [0.15, 0.2) is 42.6 Å². The van der Waals surface area contributed by atoms with Crippen LogP contribution in [0.2, 0.25) is 5.02 Å². The summed E-state index contributed by atoms with van der Waals surface area (Å²) >= 11 is 5.99. The first-order valence-electron chi connectivity index (χ1n) is 9.97. The number of hydrogen-bond donors (Lipinski definition) is 0. The standard InChI is InChI=1S/C22H24ClN3O3/c1-2-29-20(27)16-3-8-19(24-15-16)25-11-13-26(14-12-25)21(28)22(9-10-22)17-4-6-18(23)7-5-17/h3-8,15H,2,9-14H2,1H3. The molecular weight excluding hydrogens is 390 g/mol. The molecule has 2 aliphatic rings. The molecule has 6 nitrogen and oxygen atoms in total. The molecule has 152 valence electrons. The summed E-state index contributed by atoms with van der Waals surface area (Å²) in [7, 11) is 0. The average molecular weight is 414 g/mol. The van der Waals surface area contributed by atoms with Crippen molar-refractivity contribution < 1.29 is 14.3 Å². The van der Waals surface area contributed by atoms with Crippen molar-refractivity contribution in [3.05, 3.63) is 58.7 Å². The van der Waals surface area contributed by atoms with Gasteiger partial charge < -0.3 is 14.5 Å². The number of hydrogen-bond acceptors (Lipinski definition) is 5. The van der Waals surface area contributed by atoms with Crippen LogP contribution >= 0.6 is 11.6 Å². The Hall–Kier alpha value is -2.60. The summed E-state index contributed by atoms with van der Waals surface area (Å²) in [4.78, 5) is 33.5. The summed E-state index contributed by atoms with van der Waals surface area (Å²) in [5.41, 5.74) is 1.14. The van der Waals surface area contributed by atoms with E-state index in [1.165, 1.54) is 0 Å². The van der Waals surface area contributed by atoms with Crippen LogP contribution in [0.1, 0.15) is 35.7 Å². The molecule has 0 radical (unpaired) electrons. The highest BCUT2D eigenvalue weighted by Crippen LogP contribution is 2.49. The highest BCUT2D eigenvalue weighted by atomic mass is 35.5. The van der Waals surface area contributed by atoms with Gasteiger partial charge in [-0.25, -0.2) is 9.78 Å². The first kappa shape index (κ1) is 19.7. The van der Waals surface area contributed by atoms with Gasteiger partial charge in [0.2, 0.25) is 5.91 Å². The molecule has 0 N–H and O–H groups in total. The second-order valence-corrected chi connectivity index (χ2v) is 7.93. The Morgan fingerprint density at radius 2 is 1.76 bits per heavy atom. The second-order valence-electron chi connectivity index (χ2n) is 7.49. The van der Waals surface area contributed by atoms with E-state index in [0.29, 0.717) is 43.4 Å². The smallest absolute Gasteiger partial charge is 0.339 e. The number of pyridine rings is 1. The lowest BCUT2D eigenvalue weighted by Crippen LogP contribution is -2.51. The molecule has 29 heavy (non-hydrogen) atoms. The Bertz CT molecular complexity index is 887. The molecule has 2 heterocycles. The monoisotopic (exact) mass is 413 g/mol. The zero-order valence-electron chi connectivity index (χ0n) is 16.4. The molecule has 1 saturated heterocycles. The molecule has 1 amide bonds. The molecule has 0 unspecified atom stereocenters. The summed E-state index contributed by atoms with van der Waals surface area (Å²) in [6.45, 7) is 4.88. The Labute approximate surface area is 175 Å². The molecular formula is C22H24ClN3O3. The molecule has 2 fully saturated rings. The van der Waals surface area contributed by atoms with E-state index in [0.717, 1.165) is 24.2 Å². The number of anilines is 1. The number of rotatable bonds is 5. The van der Waals surface area contributed by atoms with E-state index in [1.54, 1.807) is 19.2 Å². The third kappa shape index (κ3) is 3.94. The number of esters is 1. The summed E-state index contributed by atoms with van der Waals surface area (Å²) in [5.74, 6) is 0.660. The van der Waals surface area contributed by atoms with E-state index < -0.39 is 0 Å². The molecule has 1 aromatic heterocycles. The van der Waals surface area contributed by atoms with Crippen molar-refractivity contribution in [2.45, 2.75) is 25.2 Å². The van der Waals surface area contributed by atoms with E-state index in [2.05, 4.69) is 9.88 Å². The van der Waals surface area contributed by atoms with Gasteiger partial charge in [0.25, 0.3) is 0 Å². The van der Waals surface area contributed by atoms with Crippen LogP contribution in [0.3, 0.4) is 0 Å². The largest absolute Gasteiger partial charge is 0.462 e. The topological polar surface area (TPSA) is 62.7 Å². The maximum absolute atomic E-state index is 13.2. The van der Waals surface area contributed by atoms with E-state index in [-0.39, 0.29) is 17.3 Å². The zero-order chi connectivity index (χ0) is 20.4. The highest BCUT2D eigenvalue weighted by molar-refractivity contribution is 6.30. The number of carbonyl (C=O) groups excluding carboxylic acids is 2. The number of halogens is 1. The van der Waals surface area contributed by atoms with Crippen LogP contribution in [0.5, 0.6) is 0 Å². The van der Waals surface area contributed by atoms with Gasteiger partial charge in [-0.15, -0.1) is 0 Å². The minimum atomic E-state index is -0.369. The summed E-state index contributed by atoms with van der Waals surface area (Å²) in [6.07, 6.45) is 3.33.